The molecule has 4 rings (SSSR count). The number of allylic oxidation sites excluding steroid dienone is 9. The highest BCUT2D eigenvalue weighted by Crippen LogP contribution is 2.43. The molecule has 0 saturated heterocycles. The Hall–Kier alpha value is -1.56. The Balaban J connectivity index is 0.000000235. The van der Waals surface area contributed by atoms with Crippen molar-refractivity contribution >= 4 is 0 Å². The zero-order valence-corrected chi connectivity index (χ0v) is 28.1. The third-order valence-electron chi connectivity index (χ3n) is 10.7. The minimum Gasteiger partial charge on any atom is -0.0999 e. The quantitative estimate of drug-likeness (QED) is 0.301. The van der Waals surface area contributed by atoms with Crippen molar-refractivity contribution in [2.75, 3.05) is 0 Å². The molecule has 2 fully saturated rings. The molecular weight excluding hydrogens is 480 g/mol. The second-order valence-corrected chi connectivity index (χ2v) is 14.9. The van der Waals surface area contributed by atoms with Crippen molar-refractivity contribution in [3.8, 4) is 0 Å². The molecule has 0 spiro atoms. The van der Waals surface area contributed by atoms with Gasteiger partial charge in [-0.25, -0.2) is 0 Å². The molecule has 0 amide bonds. The van der Waals surface area contributed by atoms with Gasteiger partial charge in [0.1, 0.15) is 0 Å². The Labute approximate surface area is 251 Å². The summed E-state index contributed by atoms with van der Waals surface area (Å²) in [6.07, 6.45) is 26.1. The summed E-state index contributed by atoms with van der Waals surface area (Å²) in [4.78, 5) is 0. The Bertz CT molecular complexity index is 917. The Morgan fingerprint density at radius 3 is 1.48 bits per heavy atom. The van der Waals surface area contributed by atoms with Gasteiger partial charge in [0.05, 0.1) is 0 Å². The lowest BCUT2D eigenvalue weighted by Crippen LogP contribution is -2.24. The van der Waals surface area contributed by atoms with Crippen molar-refractivity contribution in [3.05, 3.63) is 71.4 Å². The minimum atomic E-state index is 0.437. The fraction of sp³-hybridized carbons (Fsp3) is 0.700. The van der Waals surface area contributed by atoms with Gasteiger partial charge in [-0.05, 0) is 154 Å². The first-order chi connectivity index (χ1) is 18.8. The van der Waals surface area contributed by atoms with Gasteiger partial charge >= 0.3 is 0 Å². The number of hydrogen-bond acceptors (Lipinski definition) is 0. The molecule has 0 radical (unpaired) electrons. The van der Waals surface area contributed by atoms with Crippen LogP contribution in [0.2, 0.25) is 0 Å². The van der Waals surface area contributed by atoms with Crippen molar-refractivity contribution in [1.82, 2.24) is 0 Å². The second-order valence-electron chi connectivity index (χ2n) is 14.9. The summed E-state index contributed by atoms with van der Waals surface area (Å²) in [5.74, 6) is 4.15. The van der Waals surface area contributed by atoms with Crippen LogP contribution in [-0.4, -0.2) is 0 Å². The van der Waals surface area contributed by atoms with Crippen LogP contribution >= 0.6 is 0 Å². The molecule has 0 N–H and O–H groups in total. The predicted molar refractivity (Wildman–Crippen MR) is 182 cm³/mol. The van der Waals surface area contributed by atoms with E-state index >= 15 is 0 Å². The third-order valence-corrected chi connectivity index (χ3v) is 10.7. The van der Waals surface area contributed by atoms with Gasteiger partial charge in [0.2, 0.25) is 0 Å². The molecule has 0 bridgehead atoms. The standard InChI is InChI=1S/C20H32.C10H18.C10H16/c1-15(2)18-10-12-20(5,13-11-18)14-17(4)19-8-6-16(3)7-9-19;2*1-8(2)10-6-4-9(3)5-7-10/h6,14,18-19H,1,7-13H2,2-5H3;9-10H,1,4-7H2,2-3H3;4,10H,1,5-7H2,2-3H3/b17-14+;;. The summed E-state index contributed by atoms with van der Waals surface area (Å²) in [6.45, 7) is 30.3. The van der Waals surface area contributed by atoms with Gasteiger partial charge in [-0.1, -0.05) is 98.1 Å². The topological polar surface area (TPSA) is 0 Å². The molecule has 0 aromatic rings. The van der Waals surface area contributed by atoms with E-state index in [1.165, 1.54) is 107 Å². The molecule has 0 aromatic heterocycles. The van der Waals surface area contributed by atoms with E-state index in [-0.39, 0.29) is 0 Å². The van der Waals surface area contributed by atoms with Crippen LogP contribution in [0.25, 0.3) is 0 Å². The van der Waals surface area contributed by atoms with E-state index in [0.29, 0.717) is 5.41 Å². The lowest BCUT2D eigenvalue weighted by molar-refractivity contribution is 0.240. The smallest absolute Gasteiger partial charge is 0.0143 e. The summed E-state index contributed by atoms with van der Waals surface area (Å²) in [5.41, 5.74) is 9.35. The molecule has 2 saturated carbocycles. The van der Waals surface area contributed by atoms with E-state index in [9.17, 15) is 0 Å². The van der Waals surface area contributed by atoms with E-state index in [1.807, 2.05) is 0 Å². The van der Waals surface area contributed by atoms with Crippen LogP contribution in [0.15, 0.2) is 71.4 Å². The summed E-state index contributed by atoms with van der Waals surface area (Å²) in [5, 5.41) is 0. The van der Waals surface area contributed by atoms with Crippen LogP contribution in [0.1, 0.15) is 145 Å². The molecule has 4 aliphatic rings. The van der Waals surface area contributed by atoms with Crippen LogP contribution in [0.3, 0.4) is 0 Å². The molecular formula is C40H66. The van der Waals surface area contributed by atoms with Gasteiger partial charge in [-0.15, -0.1) is 0 Å². The minimum absolute atomic E-state index is 0.437. The molecule has 0 heterocycles. The third kappa shape index (κ3) is 12.1. The van der Waals surface area contributed by atoms with E-state index < -0.39 is 0 Å². The highest BCUT2D eigenvalue weighted by atomic mass is 14.4. The maximum atomic E-state index is 4.15. The molecule has 0 aromatic carbocycles. The van der Waals surface area contributed by atoms with E-state index in [0.717, 1.165) is 29.6 Å². The summed E-state index contributed by atoms with van der Waals surface area (Å²) in [7, 11) is 0. The Morgan fingerprint density at radius 2 is 1.07 bits per heavy atom. The Morgan fingerprint density at radius 1 is 0.650 bits per heavy atom. The fourth-order valence-electron chi connectivity index (χ4n) is 7.13. The zero-order valence-electron chi connectivity index (χ0n) is 28.1. The van der Waals surface area contributed by atoms with Gasteiger partial charge in [0.25, 0.3) is 0 Å². The van der Waals surface area contributed by atoms with Crippen LogP contribution in [0.4, 0.5) is 0 Å². The first-order valence-electron chi connectivity index (χ1n) is 16.8. The molecule has 0 aliphatic heterocycles. The molecule has 0 heteroatoms. The Kier molecular flexibility index (Phi) is 14.5. The van der Waals surface area contributed by atoms with Crippen LogP contribution in [0.5, 0.6) is 0 Å². The SMILES string of the molecule is C=C(C)C1CC=C(C)CC1.C=C(C)C1CCC(C)(/C=C(\C)C2CC=C(C)CC2)CC1.C=C(C)C1CCC(C)CC1. The fourth-order valence-corrected chi connectivity index (χ4v) is 7.13. The van der Waals surface area contributed by atoms with Crippen molar-refractivity contribution in [1.29, 1.82) is 0 Å². The van der Waals surface area contributed by atoms with Crippen molar-refractivity contribution in [2.24, 2.45) is 35.0 Å². The maximum absolute atomic E-state index is 4.15. The van der Waals surface area contributed by atoms with Gasteiger partial charge < -0.3 is 0 Å². The second kappa shape index (κ2) is 16.8. The highest BCUT2D eigenvalue weighted by molar-refractivity contribution is 5.17. The van der Waals surface area contributed by atoms with Gasteiger partial charge in [0, 0.05) is 0 Å². The number of rotatable bonds is 5. The maximum Gasteiger partial charge on any atom is -0.0143 e. The lowest BCUT2D eigenvalue weighted by atomic mass is 9.68. The average Bonchev–Trinajstić information content (AvgIpc) is 2.90. The zero-order chi connectivity index (χ0) is 29.9. The van der Waals surface area contributed by atoms with E-state index in [4.69, 9.17) is 0 Å². The predicted octanol–water partition coefficient (Wildman–Crippen LogP) is 13.1. The molecule has 4 aliphatic carbocycles. The molecule has 226 valence electrons. The van der Waals surface area contributed by atoms with Crippen LogP contribution < -0.4 is 0 Å². The van der Waals surface area contributed by atoms with Crippen LogP contribution in [-0.2, 0) is 0 Å². The lowest BCUT2D eigenvalue weighted by Gasteiger charge is -2.37. The molecule has 40 heavy (non-hydrogen) atoms. The monoisotopic (exact) mass is 547 g/mol. The van der Waals surface area contributed by atoms with Gasteiger partial charge in [0.15, 0.2) is 0 Å². The largest absolute Gasteiger partial charge is 0.0999 e. The number of hydrogen-bond donors (Lipinski definition) is 0. The first kappa shape index (κ1) is 34.6. The van der Waals surface area contributed by atoms with Crippen molar-refractivity contribution < 1.29 is 0 Å². The molecule has 0 nitrogen and oxygen atoms in total. The van der Waals surface area contributed by atoms with Gasteiger partial charge in [-0.3, -0.25) is 0 Å². The summed E-state index contributed by atoms with van der Waals surface area (Å²) in [6, 6.07) is 0. The van der Waals surface area contributed by atoms with E-state index in [2.05, 4.69) is 93.4 Å². The summed E-state index contributed by atoms with van der Waals surface area (Å²) >= 11 is 0. The van der Waals surface area contributed by atoms with E-state index in [1.54, 1.807) is 16.7 Å². The molecule has 2 unspecified atom stereocenters. The van der Waals surface area contributed by atoms with Crippen molar-refractivity contribution in [3.63, 3.8) is 0 Å². The molecule has 2 atom stereocenters. The first-order valence-corrected chi connectivity index (χ1v) is 16.8. The highest BCUT2D eigenvalue weighted by Gasteiger charge is 2.30. The average molecular weight is 547 g/mol. The van der Waals surface area contributed by atoms with Crippen LogP contribution in [0, 0.1) is 35.0 Å². The van der Waals surface area contributed by atoms with Gasteiger partial charge in [-0.2, -0.15) is 0 Å². The summed E-state index contributed by atoms with van der Waals surface area (Å²) < 4.78 is 0. The van der Waals surface area contributed by atoms with Crippen molar-refractivity contribution in [2.45, 2.75) is 145 Å². The normalized spacial score (nSPS) is 32.7.